The summed E-state index contributed by atoms with van der Waals surface area (Å²) in [4.78, 5) is 13.6. The lowest BCUT2D eigenvalue weighted by Gasteiger charge is -2.28. The highest BCUT2D eigenvalue weighted by molar-refractivity contribution is 5.69. The summed E-state index contributed by atoms with van der Waals surface area (Å²) in [5.74, 6) is -0.0126. The summed E-state index contributed by atoms with van der Waals surface area (Å²) >= 11 is 0. The highest BCUT2D eigenvalue weighted by Gasteiger charge is 2.19. The van der Waals surface area contributed by atoms with Crippen LogP contribution in [0.5, 0.6) is 0 Å². The second-order valence-corrected chi connectivity index (χ2v) is 4.10. The Morgan fingerprint density at radius 1 is 1.43 bits per heavy atom. The van der Waals surface area contributed by atoms with Gasteiger partial charge in [0.25, 0.3) is 0 Å². The zero-order chi connectivity index (χ0) is 10.4. The lowest BCUT2D eigenvalue weighted by Crippen LogP contribution is -2.35. The van der Waals surface area contributed by atoms with Gasteiger partial charge in [-0.25, -0.2) is 0 Å². The van der Waals surface area contributed by atoms with Gasteiger partial charge in [0, 0.05) is 19.5 Å². The van der Waals surface area contributed by atoms with E-state index in [-0.39, 0.29) is 12.1 Å². The van der Waals surface area contributed by atoms with Crippen molar-refractivity contribution in [3.8, 4) is 0 Å². The molecule has 0 saturated carbocycles. The molecule has 3 heteroatoms. The van der Waals surface area contributed by atoms with E-state index >= 15 is 0 Å². The molecule has 0 amide bonds. The largest absolute Gasteiger partial charge is 0.462 e. The van der Waals surface area contributed by atoms with Gasteiger partial charge in [0.2, 0.25) is 0 Å². The highest BCUT2D eigenvalue weighted by atomic mass is 16.5. The molecule has 0 aromatic heterocycles. The van der Waals surface area contributed by atoms with Gasteiger partial charge in [0.1, 0.15) is 6.10 Å². The molecule has 3 nitrogen and oxygen atoms in total. The molecule has 0 bridgehead atoms. The third-order valence-electron chi connectivity index (χ3n) is 2.70. The van der Waals surface area contributed by atoms with Gasteiger partial charge in [0.15, 0.2) is 0 Å². The van der Waals surface area contributed by atoms with Crippen LogP contribution in [0.25, 0.3) is 0 Å². The van der Waals surface area contributed by atoms with E-state index in [0.717, 1.165) is 38.8 Å². The molecule has 0 unspecified atom stereocenters. The Bertz CT molecular complexity index is 174. The fourth-order valence-corrected chi connectivity index (χ4v) is 1.67. The van der Waals surface area contributed by atoms with Crippen molar-refractivity contribution >= 4 is 5.97 Å². The molecule has 0 N–H and O–H groups in total. The summed E-state index contributed by atoms with van der Waals surface area (Å²) in [6, 6.07) is 0. The summed E-state index contributed by atoms with van der Waals surface area (Å²) in [5.41, 5.74) is 0. The minimum absolute atomic E-state index is 0.0126. The molecule has 0 aromatic carbocycles. The van der Waals surface area contributed by atoms with E-state index in [1.807, 2.05) is 0 Å². The van der Waals surface area contributed by atoms with Crippen molar-refractivity contribution in [3.63, 3.8) is 0 Å². The molecule has 1 aliphatic heterocycles. The third kappa shape index (κ3) is 4.09. The monoisotopic (exact) mass is 199 g/mol. The molecule has 14 heavy (non-hydrogen) atoms. The normalized spacial score (nSPS) is 19.6. The van der Waals surface area contributed by atoms with Gasteiger partial charge in [-0.15, -0.1) is 0 Å². The molecule has 0 spiro atoms. The maximum atomic E-state index is 11.3. The number of rotatable bonds is 4. The molecule has 0 atom stereocenters. The SMILES string of the molecule is CCCCC(=O)OC1CCN(C)CC1. The Morgan fingerprint density at radius 3 is 2.64 bits per heavy atom. The van der Waals surface area contributed by atoms with Gasteiger partial charge < -0.3 is 9.64 Å². The van der Waals surface area contributed by atoms with Crippen molar-refractivity contribution in [1.29, 1.82) is 0 Å². The topological polar surface area (TPSA) is 29.5 Å². The van der Waals surface area contributed by atoms with Gasteiger partial charge in [-0.3, -0.25) is 4.79 Å². The van der Waals surface area contributed by atoms with E-state index in [4.69, 9.17) is 4.74 Å². The average Bonchev–Trinajstić information content (AvgIpc) is 2.18. The number of piperidine rings is 1. The Labute approximate surface area is 86.4 Å². The van der Waals surface area contributed by atoms with E-state index in [0.29, 0.717) is 6.42 Å². The molecule has 0 aliphatic carbocycles. The predicted molar refractivity (Wildman–Crippen MR) is 56.1 cm³/mol. The van der Waals surface area contributed by atoms with Crippen molar-refractivity contribution < 1.29 is 9.53 Å². The quantitative estimate of drug-likeness (QED) is 0.647. The van der Waals surface area contributed by atoms with Crippen LogP contribution in [0.15, 0.2) is 0 Å². The van der Waals surface area contributed by atoms with Gasteiger partial charge >= 0.3 is 5.97 Å². The summed E-state index contributed by atoms with van der Waals surface area (Å²) in [5, 5.41) is 0. The number of unbranched alkanes of at least 4 members (excludes halogenated alkanes) is 1. The van der Waals surface area contributed by atoms with Gasteiger partial charge in [-0.2, -0.15) is 0 Å². The maximum absolute atomic E-state index is 11.3. The van der Waals surface area contributed by atoms with Gasteiger partial charge in [-0.1, -0.05) is 13.3 Å². The van der Waals surface area contributed by atoms with Crippen molar-refractivity contribution in [2.75, 3.05) is 20.1 Å². The Morgan fingerprint density at radius 2 is 2.07 bits per heavy atom. The van der Waals surface area contributed by atoms with E-state index in [1.54, 1.807) is 0 Å². The molecule has 0 radical (unpaired) electrons. The van der Waals surface area contributed by atoms with Crippen molar-refractivity contribution in [1.82, 2.24) is 4.90 Å². The smallest absolute Gasteiger partial charge is 0.306 e. The summed E-state index contributed by atoms with van der Waals surface area (Å²) in [6.45, 7) is 4.18. The predicted octanol–water partition coefficient (Wildman–Crippen LogP) is 1.81. The van der Waals surface area contributed by atoms with Gasteiger partial charge in [-0.05, 0) is 26.3 Å². The first kappa shape index (κ1) is 11.5. The first-order valence-corrected chi connectivity index (χ1v) is 5.60. The Kier molecular flexibility index (Phi) is 4.94. The van der Waals surface area contributed by atoms with Crippen LogP contribution in [-0.4, -0.2) is 37.1 Å². The lowest BCUT2D eigenvalue weighted by atomic mass is 10.1. The second kappa shape index (κ2) is 6.02. The average molecular weight is 199 g/mol. The van der Waals surface area contributed by atoms with E-state index in [2.05, 4.69) is 18.9 Å². The number of esters is 1. The van der Waals surface area contributed by atoms with Crippen LogP contribution in [0.3, 0.4) is 0 Å². The van der Waals surface area contributed by atoms with Crippen molar-refractivity contribution in [3.05, 3.63) is 0 Å². The molecule has 1 fully saturated rings. The first-order valence-electron chi connectivity index (χ1n) is 5.60. The van der Waals surface area contributed by atoms with Crippen LogP contribution in [-0.2, 0) is 9.53 Å². The summed E-state index contributed by atoms with van der Waals surface area (Å²) in [7, 11) is 2.11. The van der Waals surface area contributed by atoms with Crippen molar-refractivity contribution in [2.24, 2.45) is 0 Å². The van der Waals surface area contributed by atoms with Crippen LogP contribution in [0, 0.1) is 0 Å². The van der Waals surface area contributed by atoms with Crippen LogP contribution in [0.1, 0.15) is 39.0 Å². The molecule has 1 rings (SSSR count). The van der Waals surface area contributed by atoms with Crippen LogP contribution >= 0.6 is 0 Å². The molecule has 1 heterocycles. The van der Waals surface area contributed by atoms with Crippen LogP contribution in [0.4, 0.5) is 0 Å². The summed E-state index contributed by atoms with van der Waals surface area (Å²) < 4.78 is 5.38. The standard InChI is InChI=1S/C11H21NO2/c1-3-4-5-11(13)14-10-6-8-12(2)9-7-10/h10H,3-9H2,1-2H3. The maximum Gasteiger partial charge on any atom is 0.306 e. The second-order valence-electron chi connectivity index (χ2n) is 4.10. The van der Waals surface area contributed by atoms with Crippen LogP contribution in [0.2, 0.25) is 0 Å². The number of carbonyl (C=O) groups is 1. The number of ether oxygens (including phenoxy) is 1. The number of hydrogen-bond acceptors (Lipinski definition) is 3. The molecule has 0 aromatic rings. The minimum Gasteiger partial charge on any atom is -0.462 e. The number of carbonyl (C=O) groups excluding carboxylic acids is 1. The van der Waals surface area contributed by atoms with E-state index in [9.17, 15) is 4.79 Å². The summed E-state index contributed by atoms with van der Waals surface area (Å²) in [6.07, 6.45) is 4.76. The number of hydrogen-bond donors (Lipinski definition) is 0. The van der Waals surface area contributed by atoms with E-state index in [1.165, 1.54) is 0 Å². The van der Waals surface area contributed by atoms with Crippen LogP contribution < -0.4 is 0 Å². The fourth-order valence-electron chi connectivity index (χ4n) is 1.67. The Hall–Kier alpha value is -0.570. The molecule has 82 valence electrons. The zero-order valence-electron chi connectivity index (χ0n) is 9.29. The highest BCUT2D eigenvalue weighted by Crippen LogP contribution is 2.13. The molecule has 1 saturated heterocycles. The number of likely N-dealkylation sites (tertiary alicyclic amines) is 1. The van der Waals surface area contributed by atoms with Crippen molar-refractivity contribution in [2.45, 2.75) is 45.1 Å². The molecular formula is C11H21NO2. The minimum atomic E-state index is -0.0126. The fraction of sp³-hybridized carbons (Fsp3) is 0.909. The lowest BCUT2D eigenvalue weighted by molar-refractivity contribution is -0.151. The third-order valence-corrected chi connectivity index (χ3v) is 2.70. The van der Waals surface area contributed by atoms with Gasteiger partial charge in [0.05, 0.1) is 0 Å². The first-order chi connectivity index (χ1) is 6.72. The molecular weight excluding hydrogens is 178 g/mol. The number of nitrogens with zero attached hydrogens (tertiary/aromatic N) is 1. The zero-order valence-corrected chi connectivity index (χ0v) is 9.29. The molecule has 1 aliphatic rings. The Balaban J connectivity index is 2.14. The van der Waals surface area contributed by atoms with E-state index < -0.39 is 0 Å².